The van der Waals surface area contributed by atoms with Crippen LogP contribution >= 0.6 is 0 Å². The maximum Gasteiger partial charge on any atom is 0.0714 e. The van der Waals surface area contributed by atoms with E-state index in [0.717, 1.165) is 56.6 Å². The maximum atomic E-state index is 2.48. The molecular formula is C100H70N4. The number of fused-ring (bicyclic) bond motifs is 12. The molecule has 2 heterocycles. The first-order valence-electron chi connectivity index (χ1n) is 36.1. The van der Waals surface area contributed by atoms with Crippen LogP contribution in [0, 0.1) is 0 Å². The molecule has 4 heteroatoms. The van der Waals surface area contributed by atoms with Crippen LogP contribution < -0.4 is 9.80 Å². The van der Waals surface area contributed by atoms with Gasteiger partial charge >= 0.3 is 0 Å². The number of anilines is 6. The highest BCUT2D eigenvalue weighted by atomic mass is 15.1. The van der Waals surface area contributed by atoms with Gasteiger partial charge in [-0.15, -0.1) is 0 Å². The van der Waals surface area contributed by atoms with Crippen molar-refractivity contribution in [1.82, 2.24) is 9.13 Å². The zero-order chi connectivity index (χ0) is 69.0. The lowest BCUT2D eigenvalue weighted by atomic mass is 9.67. The first-order chi connectivity index (χ1) is 51.3. The van der Waals surface area contributed by atoms with E-state index in [1.54, 1.807) is 0 Å². The summed E-state index contributed by atoms with van der Waals surface area (Å²) >= 11 is 0. The van der Waals surface area contributed by atoms with Crippen LogP contribution in [0.4, 0.5) is 34.1 Å². The van der Waals surface area contributed by atoms with Crippen LogP contribution in [-0.2, 0) is 10.8 Å². The molecular weight excluding hydrogens is 1260 g/mol. The Morgan fingerprint density at radius 1 is 0.221 bits per heavy atom. The topological polar surface area (TPSA) is 16.3 Å². The van der Waals surface area contributed by atoms with Crippen LogP contribution in [0.15, 0.2) is 388 Å². The predicted molar refractivity (Wildman–Crippen MR) is 436 cm³/mol. The first kappa shape index (κ1) is 60.7. The second-order valence-electron chi connectivity index (χ2n) is 28.3. The molecule has 2 aromatic heterocycles. The summed E-state index contributed by atoms with van der Waals surface area (Å²) in [5, 5.41) is 5.02. The van der Waals surface area contributed by atoms with Crippen molar-refractivity contribution in [1.29, 1.82) is 0 Å². The van der Waals surface area contributed by atoms with Gasteiger partial charge in [0.05, 0.1) is 27.5 Å². The minimum Gasteiger partial charge on any atom is -0.310 e. The summed E-state index contributed by atoms with van der Waals surface area (Å²) in [5.41, 5.74) is 32.8. The van der Waals surface area contributed by atoms with Gasteiger partial charge in [0.25, 0.3) is 0 Å². The van der Waals surface area contributed by atoms with Crippen LogP contribution in [0.5, 0.6) is 0 Å². The minimum atomic E-state index is -0.510. The number of hydrogen-bond acceptors (Lipinski definition) is 2. The molecule has 2 aliphatic rings. The molecule has 490 valence electrons. The largest absolute Gasteiger partial charge is 0.310 e. The SMILES string of the molecule is CC1(C)c2cc(-c3cccc4c3c3ccccc3n4-c3ccc(-c4ccc(N(c5ccccc5)c5ccc6c(c5)C(c5ccccc5)(c5ccccc5)c5ccccc5-6)cc4)cc3)ccc2-c2ccc(N(c3ccccc3)c3ccc(-c4ccc(-n5c6ccccc6c6ccccc65)cc4)cc3)cc21. The first-order valence-corrected chi connectivity index (χ1v) is 36.1. The molecule has 2 aliphatic carbocycles. The minimum absolute atomic E-state index is 0.283. The highest BCUT2D eigenvalue weighted by Gasteiger charge is 2.46. The number of aromatic nitrogens is 2. The van der Waals surface area contributed by atoms with E-state index in [2.05, 4.69) is 421 Å². The smallest absolute Gasteiger partial charge is 0.0714 e. The summed E-state index contributed by atoms with van der Waals surface area (Å²) in [6.45, 7) is 4.80. The Bertz CT molecular complexity index is 6240. The van der Waals surface area contributed by atoms with Crippen molar-refractivity contribution in [3.05, 3.63) is 422 Å². The van der Waals surface area contributed by atoms with E-state index in [4.69, 9.17) is 0 Å². The quantitative estimate of drug-likeness (QED) is 0.114. The van der Waals surface area contributed by atoms with Crippen LogP contribution in [0.3, 0.4) is 0 Å². The van der Waals surface area contributed by atoms with Crippen LogP contribution in [-0.4, -0.2) is 9.13 Å². The summed E-state index contributed by atoms with van der Waals surface area (Å²) in [6, 6.07) is 144. The van der Waals surface area contributed by atoms with Gasteiger partial charge in [-0.3, -0.25) is 0 Å². The van der Waals surface area contributed by atoms with E-state index >= 15 is 0 Å². The van der Waals surface area contributed by atoms with Crippen LogP contribution in [0.2, 0.25) is 0 Å². The Morgan fingerprint density at radius 2 is 0.558 bits per heavy atom. The van der Waals surface area contributed by atoms with Gasteiger partial charge in [-0.1, -0.05) is 275 Å². The fourth-order valence-corrected chi connectivity index (χ4v) is 17.6. The molecule has 0 amide bonds. The summed E-state index contributed by atoms with van der Waals surface area (Å²) in [4.78, 5) is 4.80. The molecule has 20 rings (SSSR count). The van der Waals surface area contributed by atoms with E-state index in [1.807, 2.05) is 0 Å². The molecule has 16 aromatic carbocycles. The van der Waals surface area contributed by atoms with Gasteiger partial charge in [0.2, 0.25) is 0 Å². The Labute approximate surface area is 606 Å². The normalized spacial score (nSPS) is 13.1. The van der Waals surface area contributed by atoms with Gasteiger partial charge in [0.15, 0.2) is 0 Å². The van der Waals surface area contributed by atoms with E-state index in [9.17, 15) is 0 Å². The van der Waals surface area contributed by atoms with E-state index in [1.165, 1.54) is 122 Å². The summed E-state index contributed by atoms with van der Waals surface area (Å²) in [6.07, 6.45) is 0. The molecule has 0 bridgehead atoms. The highest BCUT2D eigenvalue weighted by Crippen LogP contribution is 2.58. The Morgan fingerprint density at radius 3 is 1.08 bits per heavy atom. The van der Waals surface area contributed by atoms with Crippen LogP contribution in [0.25, 0.3) is 111 Å². The Kier molecular flexibility index (Phi) is 14.1. The molecule has 0 radical (unpaired) electrons. The third-order valence-electron chi connectivity index (χ3n) is 22.4. The van der Waals surface area contributed by atoms with Gasteiger partial charge in [-0.2, -0.15) is 0 Å². The predicted octanol–water partition coefficient (Wildman–Crippen LogP) is 26.5. The molecule has 0 N–H and O–H groups in total. The highest BCUT2D eigenvalue weighted by molar-refractivity contribution is 6.16. The molecule has 18 aromatic rings. The average molecular weight is 1330 g/mol. The van der Waals surface area contributed by atoms with Gasteiger partial charge in [0.1, 0.15) is 0 Å². The number of para-hydroxylation sites is 5. The third kappa shape index (κ3) is 9.52. The van der Waals surface area contributed by atoms with E-state index in [-0.39, 0.29) is 5.41 Å². The zero-order valence-corrected chi connectivity index (χ0v) is 57.7. The van der Waals surface area contributed by atoms with Gasteiger partial charge < -0.3 is 18.9 Å². The number of hydrogen-bond donors (Lipinski definition) is 0. The third-order valence-corrected chi connectivity index (χ3v) is 22.4. The van der Waals surface area contributed by atoms with E-state index in [0.29, 0.717) is 0 Å². The number of benzene rings is 16. The van der Waals surface area contributed by atoms with Crippen molar-refractivity contribution in [2.24, 2.45) is 0 Å². The van der Waals surface area contributed by atoms with Crippen molar-refractivity contribution < 1.29 is 0 Å². The van der Waals surface area contributed by atoms with Gasteiger partial charge in [-0.25, -0.2) is 0 Å². The molecule has 0 spiro atoms. The Hall–Kier alpha value is -13.3. The zero-order valence-electron chi connectivity index (χ0n) is 57.7. The van der Waals surface area contributed by atoms with Gasteiger partial charge in [0, 0.05) is 72.5 Å². The summed E-state index contributed by atoms with van der Waals surface area (Å²) in [5.74, 6) is 0. The molecule has 0 fully saturated rings. The standard InChI is InChI=1S/C100H70N4/c1-99(2)91-64-71(50-61-84(91)85-62-59-80(65-92(85)99)101(74-28-11-5-12-29-74)76-51-42-67(43-52-76)69-46-55-78(56-47-69)103-94-38-20-16-33-87(94)88-34-17-21-39-95(88)103)82-36-23-41-97-98(82)89-35-18-22-40-96(89)104(97)79-57-48-70(49-58-79)68-44-53-77(54-45-68)102(75-30-13-6-14-31-75)81-60-63-86-83-32-15-19-37-90(83)100(93(86)66-81,72-24-7-3-8-25-72)73-26-9-4-10-27-73/h3-66H,1-2H3. The lowest BCUT2D eigenvalue weighted by molar-refractivity contribution is 0.660. The van der Waals surface area contributed by atoms with Crippen LogP contribution in [0.1, 0.15) is 47.2 Å². The lowest BCUT2D eigenvalue weighted by Crippen LogP contribution is -2.28. The van der Waals surface area contributed by atoms with Crippen molar-refractivity contribution in [3.8, 4) is 67.0 Å². The van der Waals surface area contributed by atoms with Gasteiger partial charge in [-0.05, 0) is 216 Å². The number of rotatable bonds is 13. The average Bonchev–Trinajstić information content (AvgIpc) is 1.53. The molecule has 104 heavy (non-hydrogen) atoms. The van der Waals surface area contributed by atoms with Crippen molar-refractivity contribution in [3.63, 3.8) is 0 Å². The summed E-state index contributed by atoms with van der Waals surface area (Å²) < 4.78 is 4.83. The Balaban J connectivity index is 0.597. The molecule has 0 saturated heterocycles. The number of nitrogens with zero attached hydrogens (tertiary/aromatic N) is 4. The second kappa shape index (κ2) is 24.2. The monoisotopic (exact) mass is 1330 g/mol. The fourth-order valence-electron chi connectivity index (χ4n) is 17.6. The molecule has 4 nitrogen and oxygen atoms in total. The van der Waals surface area contributed by atoms with E-state index < -0.39 is 5.41 Å². The molecule has 0 unspecified atom stereocenters. The summed E-state index contributed by atoms with van der Waals surface area (Å²) in [7, 11) is 0. The van der Waals surface area contributed by atoms with Crippen molar-refractivity contribution in [2.45, 2.75) is 24.7 Å². The molecule has 0 atom stereocenters. The van der Waals surface area contributed by atoms with Crippen molar-refractivity contribution >= 4 is 77.7 Å². The molecule has 0 saturated carbocycles. The van der Waals surface area contributed by atoms with Crippen molar-refractivity contribution in [2.75, 3.05) is 9.80 Å². The fraction of sp³-hybridized carbons (Fsp3) is 0.0400. The maximum absolute atomic E-state index is 2.48. The molecule has 0 aliphatic heterocycles. The second-order valence-corrected chi connectivity index (χ2v) is 28.3. The lowest BCUT2D eigenvalue weighted by Gasteiger charge is -2.35.